The first-order valence-electron chi connectivity index (χ1n) is 5.64. The molecule has 4 heteroatoms. The van der Waals surface area contributed by atoms with Crippen molar-refractivity contribution in [1.82, 2.24) is 0 Å². The Bertz CT molecular complexity index is 235. The molecule has 1 aliphatic rings. The van der Waals surface area contributed by atoms with Gasteiger partial charge in [-0.2, -0.15) is 0 Å². The Hall–Kier alpha value is -0.510. The number of hydrogen-bond donors (Lipinski definition) is 0. The van der Waals surface area contributed by atoms with E-state index in [1.54, 1.807) is 0 Å². The van der Waals surface area contributed by atoms with Crippen molar-refractivity contribution in [3.8, 4) is 0 Å². The minimum absolute atomic E-state index is 0.286. The second-order valence-corrected chi connectivity index (χ2v) is 4.98. The molecule has 0 bridgehead atoms. The minimum Gasteiger partial charge on any atom is -0.441 e. The van der Waals surface area contributed by atoms with Crippen LogP contribution in [-0.2, 0) is 17.2 Å². The van der Waals surface area contributed by atoms with Crippen LogP contribution in [0.15, 0.2) is 4.36 Å². The molecule has 0 unspecified atom stereocenters. The average Bonchev–Trinajstić information content (AvgIpc) is 2.17. The largest absolute Gasteiger partial charge is 0.445 e. The third-order valence-corrected chi connectivity index (χ3v) is 3.07. The number of carbonyl (C=O) groups excluding carboxylic acids is 1. The van der Waals surface area contributed by atoms with E-state index in [0.717, 1.165) is 32.1 Å². The Kier molecular flexibility index (Phi) is 4.64. The summed E-state index contributed by atoms with van der Waals surface area (Å²) in [4.78, 5) is 11.2. The fourth-order valence-corrected chi connectivity index (χ4v) is 2.53. The first-order valence-corrected chi connectivity index (χ1v) is 6.01. The molecule has 0 aromatic carbocycles. The Labute approximate surface area is 96.7 Å². The molecule has 0 aromatic rings. The van der Waals surface area contributed by atoms with Crippen LogP contribution in [0.1, 0.15) is 52.4 Å². The molecule has 0 aromatic heterocycles. The molecular formula is C11H19NO2S. The van der Waals surface area contributed by atoms with Crippen molar-refractivity contribution >= 4 is 18.5 Å². The van der Waals surface area contributed by atoms with E-state index in [0.29, 0.717) is 5.92 Å². The Balaban J connectivity index is 2.65. The van der Waals surface area contributed by atoms with Crippen molar-refractivity contribution in [3.63, 3.8) is 0 Å². The molecule has 3 nitrogen and oxygen atoms in total. The first kappa shape index (κ1) is 12.6. The normalized spacial score (nSPS) is 19.9. The van der Waals surface area contributed by atoms with Crippen molar-refractivity contribution < 1.29 is 9.53 Å². The van der Waals surface area contributed by atoms with Crippen LogP contribution in [0.5, 0.6) is 0 Å². The molecule has 1 rings (SSSR count). The lowest BCUT2D eigenvalue weighted by atomic mass is 9.79. The molecule has 0 atom stereocenters. The summed E-state index contributed by atoms with van der Waals surface area (Å²) < 4.78 is 8.59. The zero-order valence-corrected chi connectivity index (χ0v) is 10.3. The maximum atomic E-state index is 11.2. The van der Waals surface area contributed by atoms with E-state index in [1.807, 2.05) is 0 Å². The summed E-state index contributed by atoms with van der Waals surface area (Å²) in [7, 11) is 0. The van der Waals surface area contributed by atoms with Crippen LogP contribution >= 0.6 is 0 Å². The van der Waals surface area contributed by atoms with Gasteiger partial charge in [0.05, 0.1) is 0 Å². The Morgan fingerprint density at radius 2 is 2.00 bits per heavy atom. The number of rotatable bonds is 3. The van der Waals surface area contributed by atoms with E-state index in [4.69, 9.17) is 4.74 Å². The molecule has 0 saturated heterocycles. The van der Waals surface area contributed by atoms with Crippen LogP contribution in [0.25, 0.3) is 0 Å². The lowest BCUT2D eigenvalue weighted by molar-refractivity contribution is -0.0262. The summed E-state index contributed by atoms with van der Waals surface area (Å²) in [6, 6.07) is 0. The molecular weight excluding hydrogens is 210 g/mol. The molecule has 0 heterocycles. The lowest BCUT2D eigenvalue weighted by Gasteiger charge is -2.37. The van der Waals surface area contributed by atoms with Gasteiger partial charge in [0.15, 0.2) is 0 Å². The third-order valence-electron chi connectivity index (χ3n) is 2.92. The lowest BCUT2D eigenvalue weighted by Crippen LogP contribution is -2.37. The van der Waals surface area contributed by atoms with E-state index in [1.165, 1.54) is 6.42 Å². The van der Waals surface area contributed by atoms with Gasteiger partial charge in [-0.3, -0.25) is 0 Å². The molecule has 0 radical (unpaired) electrons. The Morgan fingerprint density at radius 3 is 2.47 bits per heavy atom. The van der Waals surface area contributed by atoms with Crippen LogP contribution in [0.2, 0.25) is 0 Å². The van der Waals surface area contributed by atoms with E-state index < -0.39 is 6.09 Å². The van der Waals surface area contributed by atoms with E-state index >= 15 is 0 Å². The average molecular weight is 229 g/mol. The molecule has 86 valence electrons. The van der Waals surface area contributed by atoms with Gasteiger partial charge in [0.2, 0.25) is 0 Å². The third kappa shape index (κ3) is 3.86. The second-order valence-electron chi connectivity index (χ2n) is 4.80. The molecule has 0 spiro atoms. The fourth-order valence-electron chi connectivity index (χ4n) is 2.49. The maximum absolute atomic E-state index is 11.2. The monoisotopic (exact) mass is 229 g/mol. The smallest absolute Gasteiger partial charge is 0.441 e. The fraction of sp³-hybridized carbons (Fsp3) is 0.909. The first-order chi connectivity index (χ1) is 7.08. The van der Waals surface area contributed by atoms with Crippen LogP contribution in [-0.4, -0.2) is 11.7 Å². The number of carbonyl (C=O) groups is 1. The van der Waals surface area contributed by atoms with Gasteiger partial charge in [-0.1, -0.05) is 20.3 Å². The van der Waals surface area contributed by atoms with E-state index in [-0.39, 0.29) is 5.60 Å². The summed E-state index contributed by atoms with van der Waals surface area (Å²) in [5.41, 5.74) is -0.286. The molecule has 1 amide bonds. The van der Waals surface area contributed by atoms with Gasteiger partial charge in [0.25, 0.3) is 0 Å². The predicted molar refractivity (Wildman–Crippen MR) is 61.5 cm³/mol. The van der Waals surface area contributed by atoms with Crippen molar-refractivity contribution in [1.29, 1.82) is 0 Å². The standard InChI is InChI=1S/C11H19NO2S/c1-9(2)8-11(14-10(13)12-15)6-4-3-5-7-11/h9H,3-8H2,1-2H3. The van der Waals surface area contributed by atoms with Crippen molar-refractivity contribution in [2.45, 2.75) is 58.0 Å². The van der Waals surface area contributed by atoms with Crippen LogP contribution in [0.4, 0.5) is 4.79 Å². The highest BCUT2D eigenvalue weighted by Crippen LogP contribution is 2.37. The Morgan fingerprint density at radius 1 is 1.40 bits per heavy atom. The number of amides is 1. The van der Waals surface area contributed by atoms with Gasteiger partial charge < -0.3 is 4.74 Å². The SMILES string of the molecule is CC(C)CC1(OC(=O)N=S)CCCCC1. The van der Waals surface area contributed by atoms with E-state index in [9.17, 15) is 4.79 Å². The zero-order valence-electron chi connectivity index (χ0n) is 9.49. The zero-order chi connectivity index (χ0) is 11.3. The second kappa shape index (κ2) is 5.54. The molecule has 0 aliphatic heterocycles. The molecule has 1 aliphatic carbocycles. The summed E-state index contributed by atoms with van der Waals surface area (Å²) >= 11 is 4.36. The summed E-state index contributed by atoms with van der Waals surface area (Å²) in [5.74, 6) is 0.529. The van der Waals surface area contributed by atoms with Gasteiger partial charge >= 0.3 is 6.09 Å². The topological polar surface area (TPSA) is 38.7 Å². The summed E-state index contributed by atoms with van der Waals surface area (Å²) in [6.45, 7) is 4.30. The molecule has 0 N–H and O–H groups in total. The molecule has 1 fully saturated rings. The minimum atomic E-state index is -0.590. The number of ether oxygens (including phenoxy) is 1. The summed E-state index contributed by atoms with van der Waals surface area (Å²) in [5, 5.41) is 0. The van der Waals surface area contributed by atoms with Gasteiger partial charge in [-0.05, 0) is 38.0 Å². The van der Waals surface area contributed by atoms with E-state index in [2.05, 4.69) is 30.6 Å². The van der Waals surface area contributed by atoms with Gasteiger partial charge in [0.1, 0.15) is 5.60 Å². The quantitative estimate of drug-likeness (QED) is 0.742. The van der Waals surface area contributed by atoms with Crippen LogP contribution in [0, 0.1) is 5.92 Å². The molecule has 1 saturated carbocycles. The van der Waals surface area contributed by atoms with Crippen molar-refractivity contribution in [2.75, 3.05) is 0 Å². The van der Waals surface area contributed by atoms with Crippen molar-refractivity contribution in [2.24, 2.45) is 10.3 Å². The highest BCUT2D eigenvalue weighted by molar-refractivity contribution is 7.47. The van der Waals surface area contributed by atoms with Crippen LogP contribution in [0.3, 0.4) is 0 Å². The molecule has 15 heavy (non-hydrogen) atoms. The maximum Gasteiger partial charge on any atom is 0.445 e. The highest BCUT2D eigenvalue weighted by Gasteiger charge is 2.36. The predicted octanol–water partition coefficient (Wildman–Crippen LogP) is 3.60. The number of nitrogens with zero attached hydrogens (tertiary/aromatic N) is 1. The summed E-state index contributed by atoms with van der Waals surface area (Å²) in [6.07, 6.45) is 5.76. The van der Waals surface area contributed by atoms with Gasteiger partial charge in [-0.25, -0.2) is 4.79 Å². The van der Waals surface area contributed by atoms with Crippen molar-refractivity contribution in [3.05, 3.63) is 0 Å². The number of hydrogen-bond acceptors (Lipinski definition) is 3. The van der Waals surface area contributed by atoms with Gasteiger partial charge in [0, 0.05) is 12.4 Å². The van der Waals surface area contributed by atoms with Crippen LogP contribution < -0.4 is 0 Å². The highest BCUT2D eigenvalue weighted by atomic mass is 32.1. The van der Waals surface area contributed by atoms with Gasteiger partial charge in [-0.15, -0.1) is 4.36 Å².